The van der Waals surface area contributed by atoms with E-state index in [4.69, 9.17) is 0 Å². The van der Waals surface area contributed by atoms with Crippen LogP contribution in [0.25, 0.3) is 11.2 Å². The molecule has 7 nitrogen and oxygen atoms in total. The van der Waals surface area contributed by atoms with E-state index >= 15 is 0 Å². The number of fused-ring (bicyclic) bond motifs is 2. The topological polar surface area (TPSA) is 81.8 Å². The number of nitrogens with one attached hydrogen (secondary N) is 1. The molecule has 0 spiro atoms. The van der Waals surface area contributed by atoms with Crippen molar-refractivity contribution < 1.29 is 4.79 Å². The lowest BCUT2D eigenvalue weighted by atomic mass is 10.1. The standard InChI is InChI=1S/C13H17N5O2/c1-3-4-5-8(2)18-7-14-10-11(18)16-13-15-9(19)6-17(13)12(10)20/h7-8H,3-6H2,1-2H3,(H,15,16,19). The third-order valence-corrected chi connectivity index (χ3v) is 3.69. The van der Waals surface area contributed by atoms with Gasteiger partial charge in [0.05, 0.1) is 6.33 Å². The van der Waals surface area contributed by atoms with Crippen molar-refractivity contribution >= 4 is 23.0 Å². The summed E-state index contributed by atoms with van der Waals surface area (Å²) in [6, 6.07) is 0.229. The summed E-state index contributed by atoms with van der Waals surface area (Å²) in [7, 11) is 0. The zero-order valence-corrected chi connectivity index (χ0v) is 11.6. The molecule has 0 fully saturated rings. The van der Waals surface area contributed by atoms with Gasteiger partial charge in [-0.3, -0.25) is 19.5 Å². The minimum absolute atomic E-state index is 0.0232. The Morgan fingerprint density at radius 2 is 2.25 bits per heavy atom. The van der Waals surface area contributed by atoms with Gasteiger partial charge in [-0.25, -0.2) is 4.98 Å². The number of hydrogen-bond donors (Lipinski definition) is 1. The number of amides is 1. The van der Waals surface area contributed by atoms with Crippen LogP contribution in [0.5, 0.6) is 0 Å². The van der Waals surface area contributed by atoms with Crippen LogP contribution >= 0.6 is 0 Å². The van der Waals surface area contributed by atoms with Crippen molar-refractivity contribution in [2.45, 2.75) is 45.7 Å². The Balaban J connectivity index is 2.09. The number of imidazole rings is 1. The third-order valence-electron chi connectivity index (χ3n) is 3.69. The predicted molar refractivity (Wildman–Crippen MR) is 74.7 cm³/mol. The fraction of sp³-hybridized carbons (Fsp3) is 0.538. The highest BCUT2D eigenvalue weighted by atomic mass is 16.2. The van der Waals surface area contributed by atoms with Crippen LogP contribution < -0.4 is 10.9 Å². The molecule has 106 valence electrons. The lowest BCUT2D eigenvalue weighted by Crippen LogP contribution is -2.20. The molecule has 0 aliphatic carbocycles. The molecule has 1 amide bonds. The Kier molecular flexibility index (Phi) is 3.04. The smallest absolute Gasteiger partial charge is 0.283 e. The van der Waals surface area contributed by atoms with Crippen molar-refractivity contribution in [2.75, 3.05) is 5.32 Å². The molecule has 1 aliphatic rings. The van der Waals surface area contributed by atoms with Crippen molar-refractivity contribution in [2.24, 2.45) is 0 Å². The number of unbranched alkanes of at least 4 members (excludes halogenated alkanes) is 1. The van der Waals surface area contributed by atoms with Crippen LogP contribution in [-0.4, -0.2) is 25.0 Å². The van der Waals surface area contributed by atoms with Gasteiger partial charge in [0, 0.05) is 6.04 Å². The molecule has 0 aromatic carbocycles. The van der Waals surface area contributed by atoms with Gasteiger partial charge < -0.3 is 4.57 Å². The van der Waals surface area contributed by atoms with E-state index in [2.05, 4.69) is 29.1 Å². The molecule has 1 unspecified atom stereocenters. The van der Waals surface area contributed by atoms with Crippen molar-refractivity contribution in [3.63, 3.8) is 0 Å². The fourth-order valence-corrected chi connectivity index (χ4v) is 2.51. The maximum atomic E-state index is 12.3. The molecule has 0 bridgehead atoms. The molecule has 20 heavy (non-hydrogen) atoms. The maximum absolute atomic E-state index is 12.3. The van der Waals surface area contributed by atoms with E-state index in [1.807, 2.05) is 4.57 Å². The SMILES string of the molecule is CCCCC(C)n1cnc2c(=O)n3c(nc21)NC(=O)C3. The summed E-state index contributed by atoms with van der Waals surface area (Å²) in [6.45, 7) is 4.25. The number of aromatic nitrogens is 4. The van der Waals surface area contributed by atoms with Crippen LogP contribution in [0.1, 0.15) is 39.2 Å². The van der Waals surface area contributed by atoms with Crippen LogP contribution in [0, 0.1) is 0 Å². The Morgan fingerprint density at radius 3 is 3.00 bits per heavy atom. The first-order valence-corrected chi connectivity index (χ1v) is 6.89. The summed E-state index contributed by atoms with van der Waals surface area (Å²) in [5.41, 5.74) is 0.616. The quantitative estimate of drug-likeness (QED) is 0.911. The zero-order chi connectivity index (χ0) is 14.3. The van der Waals surface area contributed by atoms with Crippen molar-refractivity contribution in [3.05, 3.63) is 16.7 Å². The first-order chi connectivity index (χ1) is 9.61. The second kappa shape index (κ2) is 4.73. The summed E-state index contributed by atoms with van der Waals surface area (Å²) >= 11 is 0. The van der Waals surface area contributed by atoms with Crippen molar-refractivity contribution in [3.8, 4) is 0 Å². The number of anilines is 1. The van der Waals surface area contributed by atoms with Crippen molar-refractivity contribution in [1.82, 2.24) is 19.1 Å². The number of carbonyl (C=O) groups excluding carboxylic acids is 1. The minimum atomic E-state index is -0.259. The lowest BCUT2D eigenvalue weighted by molar-refractivity contribution is -0.115. The molecule has 1 atom stereocenters. The molecule has 3 rings (SSSR count). The van der Waals surface area contributed by atoms with Crippen LogP contribution in [-0.2, 0) is 11.3 Å². The average molecular weight is 275 g/mol. The van der Waals surface area contributed by atoms with Crippen LogP contribution in [0.4, 0.5) is 5.95 Å². The van der Waals surface area contributed by atoms with Gasteiger partial charge in [-0.1, -0.05) is 19.8 Å². The van der Waals surface area contributed by atoms with Gasteiger partial charge in [0.15, 0.2) is 11.2 Å². The first kappa shape index (κ1) is 12.8. The highest BCUT2D eigenvalue weighted by Gasteiger charge is 2.24. The van der Waals surface area contributed by atoms with Gasteiger partial charge >= 0.3 is 0 Å². The second-order valence-corrected chi connectivity index (χ2v) is 5.19. The highest BCUT2D eigenvalue weighted by molar-refractivity contribution is 5.93. The second-order valence-electron chi connectivity index (χ2n) is 5.19. The fourth-order valence-electron chi connectivity index (χ4n) is 2.51. The molecule has 1 N–H and O–H groups in total. The third kappa shape index (κ3) is 1.90. The van der Waals surface area contributed by atoms with Gasteiger partial charge in [0.1, 0.15) is 6.54 Å². The Bertz CT molecular complexity index is 730. The molecule has 1 aliphatic heterocycles. The molecular weight excluding hydrogens is 258 g/mol. The van der Waals surface area contributed by atoms with Gasteiger partial charge in [-0.05, 0) is 13.3 Å². The first-order valence-electron chi connectivity index (χ1n) is 6.89. The Morgan fingerprint density at radius 1 is 1.45 bits per heavy atom. The van der Waals surface area contributed by atoms with E-state index in [-0.39, 0.29) is 24.1 Å². The predicted octanol–water partition coefficient (Wildman–Crippen LogP) is 1.30. The average Bonchev–Trinajstić information content (AvgIpc) is 2.99. The lowest BCUT2D eigenvalue weighted by Gasteiger charge is -2.13. The summed E-state index contributed by atoms with van der Waals surface area (Å²) in [5.74, 6) is 0.102. The minimum Gasteiger partial charge on any atom is -0.312 e. The zero-order valence-electron chi connectivity index (χ0n) is 11.6. The van der Waals surface area contributed by atoms with Gasteiger partial charge in [0.2, 0.25) is 11.9 Å². The monoisotopic (exact) mass is 275 g/mol. The van der Waals surface area contributed by atoms with E-state index < -0.39 is 0 Å². The van der Waals surface area contributed by atoms with Gasteiger partial charge in [-0.2, -0.15) is 4.98 Å². The molecule has 0 saturated heterocycles. The van der Waals surface area contributed by atoms with Crippen LogP contribution in [0.2, 0.25) is 0 Å². The molecule has 0 radical (unpaired) electrons. The Hall–Kier alpha value is -2.18. The highest BCUT2D eigenvalue weighted by Crippen LogP contribution is 2.20. The van der Waals surface area contributed by atoms with E-state index in [1.165, 1.54) is 4.57 Å². The van der Waals surface area contributed by atoms with E-state index in [1.54, 1.807) is 6.33 Å². The molecule has 2 aromatic rings. The summed E-state index contributed by atoms with van der Waals surface area (Å²) in [4.78, 5) is 32.2. The van der Waals surface area contributed by atoms with Gasteiger partial charge in [0.25, 0.3) is 5.56 Å². The summed E-state index contributed by atoms with van der Waals surface area (Å²) in [6.07, 6.45) is 4.91. The molecule has 3 heterocycles. The molecule has 7 heteroatoms. The number of rotatable bonds is 4. The van der Waals surface area contributed by atoms with Crippen LogP contribution in [0.15, 0.2) is 11.1 Å². The van der Waals surface area contributed by atoms with Gasteiger partial charge in [-0.15, -0.1) is 0 Å². The van der Waals surface area contributed by atoms with Crippen LogP contribution in [0.3, 0.4) is 0 Å². The Labute approximate surface area is 115 Å². The number of hydrogen-bond acceptors (Lipinski definition) is 4. The molecule has 0 saturated carbocycles. The number of carbonyl (C=O) groups is 1. The normalized spacial score (nSPS) is 15.4. The molecule has 2 aromatic heterocycles. The van der Waals surface area contributed by atoms with E-state index in [0.29, 0.717) is 17.1 Å². The van der Waals surface area contributed by atoms with E-state index in [9.17, 15) is 9.59 Å². The van der Waals surface area contributed by atoms with Crippen molar-refractivity contribution in [1.29, 1.82) is 0 Å². The molecular formula is C13H17N5O2. The maximum Gasteiger partial charge on any atom is 0.283 e. The number of nitrogens with zero attached hydrogens (tertiary/aromatic N) is 4. The largest absolute Gasteiger partial charge is 0.312 e. The summed E-state index contributed by atoms with van der Waals surface area (Å²) in [5, 5.41) is 2.60. The summed E-state index contributed by atoms with van der Waals surface area (Å²) < 4.78 is 3.25. The van der Waals surface area contributed by atoms with E-state index in [0.717, 1.165) is 19.3 Å².